The van der Waals surface area contributed by atoms with Crippen molar-refractivity contribution in [3.8, 4) is 0 Å². The number of nitrogens with one attached hydrogen (secondary N) is 2. The Morgan fingerprint density at radius 1 is 1.23 bits per heavy atom. The van der Waals surface area contributed by atoms with Crippen LogP contribution in [-0.4, -0.2) is 43.4 Å². The van der Waals surface area contributed by atoms with Gasteiger partial charge in [-0.3, -0.25) is 4.79 Å². The predicted octanol–water partition coefficient (Wildman–Crippen LogP) is 1.79. The number of amides is 1. The zero-order valence-electron chi connectivity index (χ0n) is 14.1. The first kappa shape index (κ1) is 18.3. The smallest absolute Gasteiger partial charge is 0.251 e. The highest BCUT2D eigenvalue weighted by Gasteiger charge is 2.27. The lowest BCUT2D eigenvalue weighted by Crippen LogP contribution is -2.26. The van der Waals surface area contributed by atoms with Gasteiger partial charge in [0.05, 0.1) is 11.5 Å². The number of anilines is 1. The monoisotopic (exact) mass is 377 g/mol. The zero-order valence-corrected chi connectivity index (χ0v) is 14.9. The van der Waals surface area contributed by atoms with Crippen molar-refractivity contribution in [2.75, 3.05) is 23.4 Å². The Hall–Kier alpha value is -2.48. The van der Waals surface area contributed by atoms with Crippen molar-refractivity contribution in [2.45, 2.75) is 18.9 Å². The first-order valence-electron chi connectivity index (χ1n) is 8.37. The van der Waals surface area contributed by atoms with Crippen molar-refractivity contribution in [3.05, 3.63) is 59.5 Å². The van der Waals surface area contributed by atoms with Gasteiger partial charge in [0.2, 0.25) is 0 Å². The maximum atomic E-state index is 12.9. The molecule has 0 saturated carbocycles. The number of hydrogen-bond acceptors (Lipinski definition) is 5. The fourth-order valence-corrected chi connectivity index (χ4v) is 4.52. The third-order valence-electron chi connectivity index (χ3n) is 4.22. The molecule has 0 radical (unpaired) electrons. The molecule has 1 unspecified atom stereocenters. The molecule has 1 saturated heterocycles. The average Bonchev–Trinajstić information content (AvgIpc) is 2.95. The Morgan fingerprint density at radius 2 is 2.00 bits per heavy atom. The molecule has 2 N–H and O–H groups in total. The summed E-state index contributed by atoms with van der Waals surface area (Å²) in [5.41, 5.74) is 1.38. The third-order valence-corrected chi connectivity index (χ3v) is 5.99. The molecular weight excluding hydrogens is 357 g/mol. The molecule has 1 aromatic heterocycles. The Kier molecular flexibility index (Phi) is 5.51. The second-order valence-corrected chi connectivity index (χ2v) is 8.54. The number of rotatable bonds is 6. The number of benzene rings is 1. The van der Waals surface area contributed by atoms with Crippen LogP contribution in [0.1, 0.15) is 22.3 Å². The fraction of sp³-hybridized carbons (Fsp3) is 0.333. The number of carbonyl (C=O) groups is 1. The van der Waals surface area contributed by atoms with Crippen molar-refractivity contribution in [1.82, 2.24) is 10.3 Å². The van der Waals surface area contributed by atoms with E-state index in [4.69, 9.17) is 0 Å². The van der Waals surface area contributed by atoms with Crippen molar-refractivity contribution >= 4 is 21.6 Å². The number of aromatic nitrogens is 1. The van der Waals surface area contributed by atoms with Crippen LogP contribution in [0.4, 0.5) is 10.2 Å². The number of sulfone groups is 1. The molecule has 1 aliphatic rings. The highest BCUT2D eigenvalue weighted by molar-refractivity contribution is 7.91. The molecule has 0 aliphatic carbocycles. The molecule has 26 heavy (non-hydrogen) atoms. The summed E-state index contributed by atoms with van der Waals surface area (Å²) in [6.45, 7) is 0.427. The summed E-state index contributed by atoms with van der Waals surface area (Å²) >= 11 is 0. The zero-order chi connectivity index (χ0) is 18.6. The minimum atomic E-state index is -2.98. The van der Waals surface area contributed by atoms with Gasteiger partial charge in [-0.05, 0) is 42.7 Å². The van der Waals surface area contributed by atoms with E-state index in [0.717, 1.165) is 5.56 Å². The molecule has 0 spiro atoms. The highest BCUT2D eigenvalue weighted by atomic mass is 32.2. The molecule has 2 heterocycles. The van der Waals surface area contributed by atoms with Gasteiger partial charge >= 0.3 is 0 Å². The van der Waals surface area contributed by atoms with E-state index in [-0.39, 0.29) is 29.3 Å². The van der Waals surface area contributed by atoms with Gasteiger partial charge in [-0.2, -0.15) is 0 Å². The van der Waals surface area contributed by atoms with Gasteiger partial charge in [-0.25, -0.2) is 17.8 Å². The number of pyridine rings is 1. The largest absolute Gasteiger partial charge is 0.366 e. The molecule has 6 nitrogen and oxygen atoms in total. The van der Waals surface area contributed by atoms with Crippen LogP contribution in [0, 0.1) is 5.82 Å². The maximum Gasteiger partial charge on any atom is 0.251 e. The standard InChI is InChI=1S/C18H20FN3O3S/c19-15-3-1-13(2-4-15)5-8-21-18(23)14-6-9-20-17(11-14)22-16-7-10-26(24,25)12-16/h1-4,6,9,11,16H,5,7-8,10,12H2,(H,20,22)(H,21,23). The van der Waals surface area contributed by atoms with Gasteiger partial charge in [0.15, 0.2) is 9.84 Å². The Balaban J connectivity index is 1.53. The van der Waals surface area contributed by atoms with E-state index in [9.17, 15) is 17.6 Å². The van der Waals surface area contributed by atoms with Crippen LogP contribution in [0.2, 0.25) is 0 Å². The minimum Gasteiger partial charge on any atom is -0.366 e. The molecule has 8 heteroatoms. The van der Waals surface area contributed by atoms with Crippen LogP contribution in [0.5, 0.6) is 0 Å². The van der Waals surface area contributed by atoms with Crippen LogP contribution in [-0.2, 0) is 16.3 Å². The summed E-state index contributed by atoms with van der Waals surface area (Å²) in [5.74, 6) is 0.219. The van der Waals surface area contributed by atoms with Gasteiger partial charge in [-0.1, -0.05) is 12.1 Å². The average molecular weight is 377 g/mol. The van der Waals surface area contributed by atoms with Crippen LogP contribution in [0.25, 0.3) is 0 Å². The first-order chi connectivity index (χ1) is 12.4. The second-order valence-electron chi connectivity index (χ2n) is 6.31. The summed E-state index contributed by atoms with van der Waals surface area (Å²) in [6, 6.07) is 9.19. The van der Waals surface area contributed by atoms with Crippen LogP contribution >= 0.6 is 0 Å². The molecule has 1 fully saturated rings. The Morgan fingerprint density at radius 3 is 2.69 bits per heavy atom. The van der Waals surface area contributed by atoms with Gasteiger partial charge in [0.1, 0.15) is 11.6 Å². The van der Waals surface area contributed by atoms with Crippen molar-refractivity contribution < 1.29 is 17.6 Å². The van der Waals surface area contributed by atoms with Gasteiger partial charge in [0.25, 0.3) is 5.91 Å². The summed E-state index contributed by atoms with van der Waals surface area (Å²) in [7, 11) is -2.98. The molecule has 0 bridgehead atoms. The van der Waals surface area contributed by atoms with Crippen molar-refractivity contribution in [1.29, 1.82) is 0 Å². The van der Waals surface area contributed by atoms with Crippen molar-refractivity contribution in [2.24, 2.45) is 0 Å². The normalized spacial score (nSPS) is 18.4. The van der Waals surface area contributed by atoms with E-state index in [0.29, 0.717) is 30.8 Å². The molecule has 1 atom stereocenters. The highest BCUT2D eigenvalue weighted by Crippen LogP contribution is 2.17. The molecule has 1 amide bonds. The number of carbonyl (C=O) groups excluding carboxylic acids is 1. The van der Waals surface area contributed by atoms with Gasteiger partial charge in [0, 0.05) is 24.3 Å². The van der Waals surface area contributed by atoms with E-state index >= 15 is 0 Å². The van der Waals surface area contributed by atoms with Crippen LogP contribution < -0.4 is 10.6 Å². The predicted molar refractivity (Wildman–Crippen MR) is 97.4 cm³/mol. The first-order valence-corrected chi connectivity index (χ1v) is 10.2. The second kappa shape index (κ2) is 7.82. The molecule has 1 aromatic carbocycles. The quantitative estimate of drug-likeness (QED) is 0.801. The molecular formula is C18H20FN3O3S. The van der Waals surface area contributed by atoms with E-state index in [2.05, 4.69) is 15.6 Å². The van der Waals surface area contributed by atoms with Crippen molar-refractivity contribution in [3.63, 3.8) is 0 Å². The topological polar surface area (TPSA) is 88.2 Å². The van der Waals surface area contributed by atoms with E-state index in [1.54, 1.807) is 24.3 Å². The summed E-state index contributed by atoms with van der Waals surface area (Å²) < 4.78 is 35.9. The Bertz CT molecular complexity index is 885. The lowest BCUT2D eigenvalue weighted by atomic mass is 10.1. The van der Waals surface area contributed by atoms with E-state index in [1.807, 2.05) is 0 Å². The number of hydrogen-bond donors (Lipinski definition) is 2. The Labute approximate surface area is 151 Å². The van der Waals surface area contributed by atoms with E-state index in [1.165, 1.54) is 18.3 Å². The third kappa shape index (κ3) is 5.01. The summed E-state index contributed by atoms with van der Waals surface area (Å²) in [6.07, 6.45) is 2.65. The minimum absolute atomic E-state index is 0.0861. The maximum absolute atomic E-state index is 12.9. The summed E-state index contributed by atoms with van der Waals surface area (Å²) in [5, 5.41) is 5.89. The van der Waals surface area contributed by atoms with Gasteiger partial charge < -0.3 is 10.6 Å². The molecule has 3 rings (SSSR count). The van der Waals surface area contributed by atoms with Gasteiger partial charge in [-0.15, -0.1) is 0 Å². The SMILES string of the molecule is O=C(NCCc1ccc(F)cc1)c1ccnc(NC2CCS(=O)(=O)C2)c1. The summed E-state index contributed by atoms with van der Waals surface area (Å²) in [4.78, 5) is 16.4. The number of nitrogens with zero attached hydrogens (tertiary/aromatic N) is 1. The molecule has 138 valence electrons. The lowest BCUT2D eigenvalue weighted by molar-refractivity contribution is 0.0954. The number of halogens is 1. The molecule has 1 aliphatic heterocycles. The lowest BCUT2D eigenvalue weighted by Gasteiger charge is -2.12. The van der Waals surface area contributed by atoms with Crippen LogP contribution in [0.15, 0.2) is 42.6 Å². The van der Waals surface area contributed by atoms with Crippen LogP contribution in [0.3, 0.4) is 0 Å². The molecule has 2 aromatic rings. The fourth-order valence-electron chi connectivity index (χ4n) is 2.84. The van der Waals surface area contributed by atoms with E-state index < -0.39 is 9.84 Å².